The molecule has 0 fully saturated rings. The average Bonchev–Trinajstić information content (AvgIpc) is 2.42. The van der Waals surface area contributed by atoms with E-state index in [1.54, 1.807) is 10.9 Å². The molecule has 0 saturated heterocycles. The summed E-state index contributed by atoms with van der Waals surface area (Å²) in [5.74, 6) is -0.824. The van der Waals surface area contributed by atoms with Crippen LogP contribution in [0.25, 0.3) is 0 Å². The lowest BCUT2D eigenvalue weighted by Crippen LogP contribution is -2.23. The highest BCUT2D eigenvalue weighted by atomic mass is 35.5. The van der Waals surface area contributed by atoms with Crippen LogP contribution in [0, 0.1) is 0 Å². The average molecular weight is 231 g/mol. The first-order chi connectivity index (χ1) is 6.82. The molecule has 4 nitrogen and oxygen atoms in total. The number of hydrogen-bond acceptors (Lipinski definition) is 2. The molecule has 0 aliphatic rings. The fourth-order valence-corrected chi connectivity index (χ4v) is 1.68. The van der Waals surface area contributed by atoms with Gasteiger partial charge in [0, 0.05) is 12.0 Å². The fourth-order valence-electron chi connectivity index (χ4n) is 1.24. The third-order valence-electron chi connectivity index (χ3n) is 2.02. The smallest absolute Gasteiger partial charge is 0.303 e. The number of halogens is 1. The number of carboxylic acid groups (broad SMARTS) is 1. The van der Waals surface area contributed by atoms with E-state index in [1.807, 2.05) is 20.8 Å². The number of carbonyl (C=O) groups is 1. The highest BCUT2D eigenvalue weighted by Gasteiger charge is 2.19. The Bertz CT molecular complexity index is 366. The van der Waals surface area contributed by atoms with Gasteiger partial charge in [-0.05, 0) is 27.2 Å². The van der Waals surface area contributed by atoms with Crippen LogP contribution in [0.5, 0.6) is 0 Å². The summed E-state index contributed by atoms with van der Waals surface area (Å²) >= 11 is 6.10. The van der Waals surface area contributed by atoms with Crippen LogP contribution in [0.1, 0.15) is 32.8 Å². The van der Waals surface area contributed by atoms with Crippen molar-refractivity contribution in [3.8, 4) is 0 Å². The fraction of sp³-hybridized carbons (Fsp3) is 0.600. The Labute approximate surface area is 93.9 Å². The molecule has 0 aliphatic carbocycles. The lowest BCUT2D eigenvalue weighted by Gasteiger charge is -2.20. The van der Waals surface area contributed by atoms with E-state index in [-0.39, 0.29) is 12.0 Å². The second kappa shape index (κ2) is 4.23. The van der Waals surface area contributed by atoms with Crippen LogP contribution in [0.2, 0.25) is 5.15 Å². The van der Waals surface area contributed by atoms with Crippen LogP contribution < -0.4 is 0 Å². The minimum Gasteiger partial charge on any atom is -0.481 e. The molecule has 0 radical (unpaired) electrons. The van der Waals surface area contributed by atoms with Gasteiger partial charge in [-0.3, -0.25) is 4.79 Å². The molecule has 0 saturated carbocycles. The molecule has 0 atom stereocenters. The van der Waals surface area contributed by atoms with Crippen LogP contribution in [-0.2, 0) is 16.8 Å². The van der Waals surface area contributed by atoms with Crippen LogP contribution in [0.15, 0.2) is 6.20 Å². The van der Waals surface area contributed by atoms with Crippen molar-refractivity contribution in [1.82, 2.24) is 9.78 Å². The predicted octanol–water partition coefficient (Wildman–Crippen LogP) is 2.31. The van der Waals surface area contributed by atoms with E-state index in [0.717, 1.165) is 5.56 Å². The van der Waals surface area contributed by atoms with Crippen LogP contribution in [-0.4, -0.2) is 20.9 Å². The van der Waals surface area contributed by atoms with Crippen molar-refractivity contribution in [1.29, 1.82) is 0 Å². The minimum atomic E-state index is -0.824. The zero-order valence-electron chi connectivity index (χ0n) is 9.12. The van der Waals surface area contributed by atoms with Gasteiger partial charge in [-0.25, -0.2) is 4.68 Å². The van der Waals surface area contributed by atoms with Crippen molar-refractivity contribution >= 4 is 17.6 Å². The molecule has 1 rings (SSSR count). The number of hydrogen-bond donors (Lipinski definition) is 1. The van der Waals surface area contributed by atoms with E-state index >= 15 is 0 Å². The largest absolute Gasteiger partial charge is 0.481 e. The summed E-state index contributed by atoms with van der Waals surface area (Å²) in [6, 6.07) is 0. The topological polar surface area (TPSA) is 55.1 Å². The van der Waals surface area contributed by atoms with Crippen LogP contribution in [0.4, 0.5) is 0 Å². The summed E-state index contributed by atoms with van der Waals surface area (Å²) in [7, 11) is 0. The quantitative estimate of drug-likeness (QED) is 0.867. The molecule has 1 aromatic rings. The molecule has 84 valence electrons. The van der Waals surface area contributed by atoms with Crippen LogP contribution in [0.3, 0.4) is 0 Å². The highest BCUT2D eigenvalue weighted by molar-refractivity contribution is 6.30. The number of carboxylic acids is 1. The van der Waals surface area contributed by atoms with Crippen molar-refractivity contribution < 1.29 is 9.90 Å². The summed E-state index contributed by atoms with van der Waals surface area (Å²) in [5.41, 5.74) is 0.604. The second-order valence-electron chi connectivity index (χ2n) is 4.44. The van der Waals surface area contributed by atoms with Crippen molar-refractivity contribution in [2.75, 3.05) is 0 Å². The first kappa shape index (κ1) is 12.0. The Morgan fingerprint density at radius 1 is 1.60 bits per heavy atom. The van der Waals surface area contributed by atoms with Gasteiger partial charge < -0.3 is 5.11 Å². The van der Waals surface area contributed by atoms with Crippen molar-refractivity contribution in [3.63, 3.8) is 0 Å². The Morgan fingerprint density at radius 3 is 2.60 bits per heavy atom. The summed E-state index contributed by atoms with van der Waals surface area (Å²) in [4.78, 5) is 10.4. The summed E-state index contributed by atoms with van der Waals surface area (Å²) in [5, 5.41) is 13.3. The summed E-state index contributed by atoms with van der Waals surface area (Å²) < 4.78 is 1.70. The standard InChI is InChI=1S/C10H15ClN2O2/c1-10(2,3)13-9(11)7(6-12-13)4-5-8(14)15/h6H,4-5H2,1-3H3,(H,14,15). The number of aromatic nitrogens is 2. The second-order valence-corrected chi connectivity index (χ2v) is 4.79. The van der Waals surface area contributed by atoms with E-state index in [1.165, 1.54) is 0 Å². The molecule has 1 heterocycles. The van der Waals surface area contributed by atoms with Gasteiger partial charge in [0.05, 0.1) is 11.7 Å². The normalized spacial score (nSPS) is 11.7. The van der Waals surface area contributed by atoms with Crippen molar-refractivity contribution in [2.45, 2.75) is 39.2 Å². The molecule has 1 N–H and O–H groups in total. The molecule has 5 heteroatoms. The van der Waals surface area contributed by atoms with E-state index in [4.69, 9.17) is 16.7 Å². The molecular formula is C10H15ClN2O2. The van der Waals surface area contributed by atoms with Gasteiger partial charge in [-0.2, -0.15) is 5.10 Å². The van der Waals surface area contributed by atoms with E-state index in [0.29, 0.717) is 11.6 Å². The number of nitrogens with zero attached hydrogens (tertiary/aromatic N) is 2. The van der Waals surface area contributed by atoms with Gasteiger partial charge >= 0.3 is 5.97 Å². The SMILES string of the molecule is CC(C)(C)n1ncc(CCC(=O)O)c1Cl. The monoisotopic (exact) mass is 230 g/mol. The van der Waals surface area contributed by atoms with Gasteiger partial charge in [-0.15, -0.1) is 0 Å². The molecular weight excluding hydrogens is 216 g/mol. The maximum atomic E-state index is 10.4. The van der Waals surface area contributed by atoms with Gasteiger partial charge in [-0.1, -0.05) is 11.6 Å². The van der Waals surface area contributed by atoms with E-state index in [9.17, 15) is 4.79 Å². The van der Waals surface area contributed by atoms with E-state index in [2.05, 4.69) is 5.10 Å². The van der Waals surface area contributed by atoms with Gasteiger partial charge in [0.1, 0.15) is 5.15 Å². The summed E-state index contributed by atoms with van der Waals surface area (Å²) in [6.07, 6.45) is 2.14. The Kier molecular flexibility index (Phi) is 3.39. The maximum absolute atomic E-state index is 10.4. The highest BCUT2D eigenvalue weighted by Crippen LogP contribution is 2.24. The molecule has 0 amide bonds. The molecule has 0 bridgehead atoms. The number of aliphatic carboxylic acids is 1. The van der Waals surface area contributed by atoms with Gasteiger partial charge in [0.15, 0.2) is 0 Å². The Morgan fingerprint density at radius 2 is 2.20 bits per heavy atom. The number of aryl methyl sites for hydroxylation is 1. The molecule has 15 heavy (non-hydrogen) atoms. The molecule has 0 unspecified atom stereocenters. The molecule has 1 aromatic heterocycles. The minimum absolute atomic E-state index is 0.0789. The van der Waals surface area contributed by atoms with Crippen molar-refractivity contribution in [2.24, 2.45) is 0 Å². The van der Waals surface area contributed by atoms with E-state index < -0.39 is 5.97 Å². The zero-order valence-corrected chi connectivity index (χ0v) is 9.88. The predicted molar refractivity (Wildman–Crippen MR) is 58.2 cm³/mol. The molecule has 0 aromatic carbocycles. The Balaban J connectivity index is 2.85. The van der Waals surface area contributed by atoms with Gasteiger partial charge in [0.25, 0.3) is 0 Å². The van der Waals surface area contributed by atoms with Gasteiger partial charge in [0.2, 0.25) is 0 Å². The summed E-state index contributed by atoms with van der Waals surface area (Å²) in [6.45, 7) is 5.98. The first-order valence-electron chi connectivity index (χ1n) is 4.77. The third-order valence-corrected chi connectivity index (χ3v) is 2.43. The maximum Gasteiger partial charge on any atom is 0.303 e. The lowest BCUT2D eigenvalue weighted by molar-refractivity contribution is -0.136. The molecule has 0 aliphatic heterocycles. The number of rotatable bonds is 3. The van der Waals surface area contributed by atoms with Crippen molar-refractivity contribution in [3.05, 3.63) is 16.9 Å². The Hall–Kier alpha value is -1.03. The van der Waals surface area contributed by atoms with Crippen LogP contribution >= 0.6 is 11.6 Å². The lowest BCUT2D eigenvalue weighted by atomic mass is 10.1. The zero-order chi connectivity index (χ0) is 11.6. The first-order valence-corrected chi connectivity index (χ1v) is 5.15. The third kappa shape index (κ3) is 2.96. The molecule has 0 spiro atoms.